The molecule has 2 nitrogen and oxygen atoms in total. The molecule has 0 aromatic heterocycles. The van der Waals surface area contributed by atoms with Crippen LogP contribution in [0, 0.1) is 5.92 Å². The predicted molar refractivity (Wildman–Crippen MR) is 64.9 cm³/mol. The quantitative estimate of drug-likeness (QED) is 0.688. The van der Waals surface area contributed by atoms with Crippen LogP contribution < -0.4 is 5.73 Å². The van der Waals surface area contributed by atoms with E-state index in [0.29, 0.717) is 12.1 Å². The molecule has 2 heteroatoms. The summed E-state index contributed by atoms with van der Waals surface area (Å²) in [6.07, 6.45) is 9.39. The van der Waals surface area contributed by atoms with E-state index in [2.05, 4.69) is 13.8 Å². The van der Waals surface area contributed by atoms with Gasteiger partial charge in [0.1, 0.15) is 0 Å². The van der Waals surface area contributed by atoms with E-state index < -0.39 is 0 Å². The minimum absolute atomic E-state index is 0.323. The zero-order chi connectivity index (χ0) is 11.1. The summed E-state index contributed by atoms with van der Waals surface area (Å²) in [5.74, 6) is 0.914. The van der Waals surface area contributed by atoms with Gasteiger partial charge in [0.05, 0.1) is 6.10 Å². The van der Waals surface area contributed by atoms with Gasteiger partial charge in [-0.05, 0) is 38.5 Å². The van der Waals surface area contributed by atoms with Gasteiger partial charge in [-0.25, -0.2) is 0 Å². The molecule has 3 unspecified atom stereocenters. The lowest BCUT2D eigenvalue weighted by Crippen LogP contribution is -2.23. The van der Waals surface area contributed by atoms with Gasteiger partial charge in [-0.1, -0.05) is 26.2 Å². The zero-order valence-electron chi connectivity index (χ0n) is 10.4. The minimum atomic E-state index is 0.323. The van der Waals surface area contributed by atoms with Crippen molar-refractivity contribution in [3.05, 3.63) is 0 Å². The first-order valence-electron chi connectivity index (χ1n) is 6.59. The Morgan fingerprint density at radius 3 is 2.87 bits per heavy atom. The summed E-state index contributed by atoms with van der Waals surface area (Å²) >= 11 is 0. The Balaban J connectivity index is 2.05. The highest BCUT2D eigenvalue weighted by Gasteiger charge is 2.20. The number of hydrogen-bond acceptors (Lipinski definition) is 2. The SMILES string of the molecule is CCC1CCCC(OCCCC(C)N)C1. The molecule has 0 saturated heterocycles. The molecule has 0 heterocycles. The van der Waals surface area contributed by atoms with Crippen LogP contribution in [-0.4, -0.2) is 18.8 Å². The highest BCUT2D eigenvalue weighted by molar-refractivity contribution is 4.72. The van der Waals surface area contributed by atoms with E-state index in [-0.39, 0.29) is 0 Å². The second-order valence-electron chi connectivity index (χ2n) is 5.05. The Morgan fingerprint density at radius 1 is 1.40 bits per heavy atom. The smallest absolute Gasteiger partial charge is 0.0577 e. The number of nitrogens with two attached hydrogens (primary N) is 1. The van der Waals surface area contributed by atoms with Crippen LogP contribution in [0.5, 0.6) is 0 Å². The van der Waals surface area contributed by atoms with E-state index >= 15 is 0 Å². The van der Waals surface area contributed by atoms with Crippen molar-refractivity contribution in [2.45, 2.75) is 70.9 Å². The topological polar surface area (TPSA) is 35.2 Å². The Kier molecular flexibility index (Phi) is 6.26. The van der Waals surface area contributed by atoms with E-state index in [1.54, 1.807) is 0 Å². The molecule has 1 fully saturated rings. The van der Waals surface area contributed by atoms with Gasteiger partial charge in [-0.2, -0.15) is 0 Å². The van der Waals surface area contributed by atoms with Crippen molar-refractivity contribution in [1.29, 1.82) is 0 Å². The first kappa shape index (κ1) is 13.0. The third-order valence-corrected chi connectivity index (χ3v) is 3.47. The first-order chi connectivity index (χ1) is 7.22. The summed E-state index contributed by atoms with van der Waals surface area (Å²) < 4.78 is 5.91. The molecule has 0 bridgehead atoms. The van der Waals surface area contributed by atoms with Gasteiger partial charge < -0.3 is 10.5 Å². The summed E-state index contributed by atoms with van der Waals surface area (Å²) in [5, 5.41) is 0. The molecule has 0 aliphatic heterocycles. The molecule has 0 radical (unpaired) electrons. The van der Waals surface area contributed by atoms with Crippen LogP contribution in [0.25, 0.3) is 0 Å². The van der Waals surface area contributed by atoms with Crippen LogP contribution in [-0.2, 0) is 4.74 Å². The van der Waals surface area contributed by atoms with Gasteiger partial charge >= 0.3 is 0 Å². The summed E-state index contributed by atoms with van der Waals surface area (Å²) in [4.78, 5) is 0. The highest BCUT2D eigenvalue weighted by Crippen LogP contribution is 2.28. The highest BCUT2D eigenvalue weighted by atomic mass is 16.5. The molecule has 1 aliphatic carbocycles. The summed E-state index contributed by atoms with van der Waals surface area (Å²) in [5.41, 5.74) is 5.70. The molecule has 0 aromatic carbocycles. The van der Waals surface area contributed by atoms with Crippen LogP contribution in [0.15, 0.2) is 0 Å². The van der Waals surface area contributed by atoms with Gasteiger partial charge in [0.2, 0.25) is 0 Å². The zero-order valence-corrected chi connectivity index (χ0v) is 10.4. The molecule has 2 N–H and O–H groups in total. The average molecular weight is 213 g/mol. The second kappa shape index (κ2) is 7.24. The Hall–Kier alpha value is -0.0800. The van der Waals surface area contributed by atoms with Crippen LogP contribution >= 0.6 is 0 Å². The number of hydrogen-bond donors (Lipinski definition) is 1. The van der Waals surface area contributed by atoms with E-state index in [4.69, 9.17) is 10.5 Å². The Morgan fingerprint density at radius 2 is 2.20 bits per heavy atom. The lowest BCUT2D eigenvalue weighted by molar-refractivity contribution is 0.0104. The molecule has 1 aliphatic rings. The molecule has 1 saturated carbocycles. The Labute approximate surface area is 94.6 Å². The number of rotatable bonds is 6. The van der Waals surface area contributed by atoms with Gasteiger partial charge in [0.25, 0.3) is 0 Å². The van der Waals surface area contributed by atoms with Crippen LogP contribution in [0.3, 0.4) is 0 Å². The third kappa shape index (κ3) is 5.53. The van der Waals surface area contributed by atoms with Crippen molar-refractivity contribution < 1.29 is 4.74 Å². The largest absolute Gasteiger partial charge is 0.378 e. The average Bonchev–Trinajstić information content (AvgIpc) is 2.24. The maximum absolute atomic E-state index is 5.91. The van der Waals surface area contributed by atoms with Gasteiger partial charge in [0.15, 0.2) is 0 Å². The van der Waals surface area contributed by atoms with Crippen molar-refractivity contribution in [1.82, 2.24) is 0 Å². The monoisotopic (exact) mass is 213 g/mol. The standard InChI is InChI=1S/C13H27NO/c1-3-12-7-4-8-13(10-12)15-9-5-6-11(2)14/h11-13H,3-10,14H2,1-2H3. The van der Waals surface area contributed by atoms with Crippen molar-refractivity contribution in [2.75, 3.05) is 6.61 Å². The van der Waals surface area contributed by atoms with E-state index in [9.17, 15) is 0 Å². The van der Waals surface area contributed by atoms with E-state index in [0.717, 1.165) is 25.4 Å². The van der Waals surface area contributed by atoms with E-state index in [1.807, 2.05) is 0 Å². The van der Waals surface area contributed by atoms with Crippen molar-refractivity contribution >= 4 is 0 Å². The molecule has 0 spiro atoms. The normalized spacial score (nSPS) is 29.0. The van der Waals surface area contributed by atoms with Gasteiger partial charge in [-0.3, -0.25) is 0 Å². The van der Waals surface area contributed by atoms with Gasteiger partial charge in [0, 0.05) is 12.6 Å². The predicted octanol–water partition coefficient (Wildman–Crippen LogP) is 3.10. The van der Waals surface area contributed by atoms with Crippen molar-refractivity contribution in [2.24, 2.45) is 11.7 Å². The summed E-state index contributed by atoms with van der Waals surface area (Å²) in [6, 6.07) is 0.323. The molecule has 0 amide bonds. The van der Waals surface area contributed by atoms with Gasteiger partial charge in [-0.15, -0.1) is 0 Å². The molecule has 15 heavy (non-hydrogen) atoms. The second-order valence-corrected chi connectivity index (χ2v) is 5.05. The van der Waals surface area contributed by atoms with Crippen molar-refractivity contribution in [3.63, 3.8) is 0 Å². The minimum Gasteiger partial charge on any atom is -0.378 e. The maximum atomic E-state index is 5.91. The molecule has 3 atom stereocenters. The summed E-state index contributed by atoms with van der Waals surface area (Å²) in [7, 11) is 0. The van der Waals surface area contributed by atoms with Crippen LogP contribution in [0.1, 0.15) is 58.8 Å². The van der Waals surface area contributed by atoms with E-state index in [1.165, 1.54) is 32.1 Å². The fourth-order valence-corrected chi connectivity index (χ4v) is 2.42. The first-order valence-corrected chi connectivity index (χ1v) is 6.59. The molecule has 90 valence electrons. The molecular formula is C13H27NO. The lowest BCUT2D eigenvalue weighted by atomic mass is 9.85. The fraction of sp³-hybridized carbons (Fsp3) is 1.00. The Bertz CT molecular complexity index is 159. The molecule has 1 rings (SSSR count). The summed E-state index contributed by atoms with van der Waals surface area (Å²) in [6.45, 7) is 5.26. The lowest BCUT2D eigenvalue weighted by Gasteiger charge is -2.28. The fourth-order valence-electron chi connectivity index (χ4n) is 2.42. The van der Waals surface area contributed by atoms with Crippen LogP contribution in [0.2, 0.25) is 0 Å². The molecule has 0 aromatic rings. The maximum Gasteiger partial charge on any atom is 0.0577 e. The van der Waals surface area contributed by atoms with Crippen molar-refractivity contribution in [3.8, 4) is 0 Å². The van der Waals surface area contributed by atoms with Crippen LogP contribution in [0.4, 0.5) is 0 Å². The third-order valence-electron chi connectivity index (χ3n) is 3.47. The number of ether oxygens (including phenoxy) is 1. The molecular weight excluding hydrogens is 186 g/mol.